The van der Waals surface area contributed by atoms with E-state index in [4.69, 9.17) is 0 Å². The van der Waals surface area contributed by atoms with Crippen LogP contribution in [0.3, 0.4) is 0 Å². The van der Waals surface area contributed by atoms with Crippen molar-refractivity contribution >= 4 is 18.0 Å². The summed E-state index contributed by atoms with van der Waals surface area (Å²) in [7, 11) is 0. The van der Waals surface area contributed by atoms with E-state index in [1.165, 1.54) is 6.21 Å². The van der Waals surface area contributed by atoms with Crippen LogP contribution in [0.25, 0.3) is 0 Å². The summed E-state index contributed by atoms with van der Waals surface area (Å²) < 4.78 is 0. The van der Waals surface area contributed by atoms with E-state index < -0.39 is 6.03 Å². The number of hydrogen-bond acceptors (Lipinski definition) is 2. The monoisotopic (exact) mass is 159 g/mol. The molecule has 0 unspecified atom stereocenters. The molecule has 0 aromatic carbocycles. The minimum atomic E-state index is -0.462. The summed E-state index contributed by atoms with van der Waals surface area (Å²) in [4.78, 5) is 21.8. The van der Waals surface area contributed by atoms with Crippen LogP contribution in [0.1, 0.15) is 5.69 Å². The first-order chi connectivity index (χ1) is 5.86. The summed E-state index contributed by atoms with van der Waals surface area (Å²) >= 11 is 0. The van der Waals surface area contributed by atoms with Gasteiger partial charge in [-0.3, -0.25) is 4.98 Å². The third-order valence-electron chi connectivity index (χ3n) is 1.44. The molecule has 0 saturated carbocycles. The Balaban J connectivity index is 2.40. The molecular weight excluding hydrogens is 154 g/mol. The Kier molecular flexibility index (Phi) is 1.51. The summed E-state index contributed by atoms with van der Waals surface area (Å²) in [5.74, 6) is 0. The Morgan fingerprint density at radius 2 is 2.17 bits per heavy atom. The molecule has 58 valence electrons. The molecule has 1 aliphatic heterocycles. The molecule has 2 rings (SSSR count). The van der Waals surface area contributed by atoms with Gasteiger partial charge in [0.2, 0.25) is 0 Å². The molecule has 0 radical (unpaired) electrons. The fraction of sp³-hybridized carbons (Fsp3) is 0. The fourth-order valence-electron chi connectivity index (χ4n) is 0.915. The highest BCUT2D eigenvalue weighted by atomic mass is 16.2. The van der Waals surface area contributed by atoms with E-state index in [1.54, 1.807) is 18.3 Å². The van der Waals surface area contributed by atoms with Crippen molar-refractivity contribution in [1.29, 1.82) is 0 Å². The summed E-state index contributed by atoms with van der Waals surface area (Å²) in [5, 5.41) is 0. The number of amides is 2. The summed E-state index contributed by atoms with van der Waals surface area (Å²) in [6, 6.07) is 4.96. The molecule has 1 aliphatic rings. The zero-order chi connectivity index (χ0) is 8.39. The second-order valence-corrected chi connectivity index (χ2v) is 2.25. The van der Waals surface area contributed by atoms with Crippen molar-refractivity contribution in [3.8, 4) is 0 Å². The van der Waals surface area contributed by atoms with E-state index >= 15 is 0 Å². The highest BCUT2D eigenvalue weighted by Crippen LogP contribution is 2.01. The second-order valence-electron chi connectivity index (χ2n) is 2.25. The molecule has 2 amide bonds. The van der Waals surface area contributed by atoms with Gasteiger partial charge in [0.25, 0.3) is 0 Å². The zero-order valence-corrected chi connectivity index (χ0v) is 6.14. The molecule has 0 saturated heterocycles. The molecule has 0 bridgehead atoms. The molecule has 0 N–H and O–H groups in total. The van der Waals surface area contributed by atoms with Crippen LogP contribution in [0.15, 0.2) is 34.4 Å². The maximum atomic E-state index is 10.6. The number of aromatic nitrogens is 1. The lowest BCUT2D eigenvalue weighted by Crippen LogP contribution is -2.01. The number of nitrogens with zero attached hydrogens (tertiary/aromatic N) is 3. The van der Waals surface area contributed by atoms with Gasteiger partial charge in [-0.2, -0.15) is 9.98 Å². The first-order valence-electron chi connectivity index (χ1n) is 3.44. The van der Waals surface area contributed by atoms with Crippen LogP contribution in [0.4, 0.5) is 4.79 Å². The third kappa shape index (κ3) is 1.14. The van der Waals surface area contributed by atoms with Crippen LogP contribution in [0, 0.1) is 0 Å². The lowest BCUT2D eigenvalue weighted by Gasteiger charge is -1.92. The van der Waals surface area contributed by atoms with E-state index in [0.717, 1.165) is 0 Å². The smallest absolute Gasteiger partial charge is 0.255 e. The van der Waals surface area contributed by atoms with E-state index in [0.29, 0.717) is 11.4 Å². The summed E-state index contributed by atoms with van der Waals surface area (Å²) in [6.07, 6.45) is 3.07. The number of carbonyl (C=O) groups is 1. The topological polar surface area (TPSA) is 54.7 Å². The highest BCUT2D eigenvalue weighted by Gasteiger charge is 2.09. The molecule has 4 nitrogen and oxygen atoms in total. The van der Waals surface area contributed by atoms with Crippen molar-refractivity contribution in [1.82, 2.24) is 4.98 Å². The molecule has 2 heterocycles. The van der Waals surface area contributed by atoms with Gasteiger partial charge in [-0.1, -0.05) is 6.07 Å². The van der Waals surface area contributed by atoms with Crippen LogP contribution in [0.5, 0.6) is 0 Å². The van der Waals surface area contributed by atoms with Gasteiger partial charge >= 0.3 is 6.03 Å². The van der Waals surface area contributed by atoms with Gasteiger partial charge in [0.15, 0.2) is 0 Å². The lowest BCUT2D eigenvalue weighted by atomic mass is 10.2. The summed E-state index contributed by atoms with van der Waals surface area (Å²) in [5.41, 5.74) is 1.20. The Hall–Kier alpha value is -1.84. The van der Waals surface area contributed by atoms with Gasteiger partial charge in [0.1, 0.15) is 5.71 Å². The van der Waals surface area contributed by atoms with Crippen LogP contribution in [-0.4, -0.2) is 22.9 Å². The SMILES string of the molecule is O=C1N=CC(c2ccccn2)=N1. The average molecular weight is 159 g/mol. The van der Waals surface area contributed by atoms with Crippen molar-refractivity contribution in [2.45, 2.75) is 0 Å². The minimum Gasteiger partial charge on any atom is -0.255 e. The second kappa shape index (κ2) is 2.65. The van der Waals surface area contributed by atoms with Crippen LogP contribution in [0.2, 0.25) is 0 Å². The predicted molar refractivity (Wildman–Crippen MR) is 44.7 cm³/mol. The van der Waals surface area contributed by atoms with E-state index in [2.05, 4.69) is 15.0 Å². The molecule has 0 spiro atoms. The molecule has 0 atom stereocenters. The molecule has 0 aliphatic carbocycles. The normalized spacial score (nSPS) is 15.0. The van der Waals surface area contributed by atoms with Gasteiger partial charge < -0.3 is 0 Å². The number of aliphatic imine (C=N–C) groups is 2. The van der Waals surface area contributed by atoms with Gasteiger partial charge in [-0.25, -0.2) is 4.79 Å². The van der Waals surface area contributed by atoms with Crippen LogP contribution >= 0.6 is 0 Å². The highest BCUT2D eigenvalue weighted by molar-refractivity contribution is 6.43. The standard InChI is InChI=1S/C8H5N3O/c12-8-10-5-7(11-8)6-3-1-2-4-9-6/h1-5H. The number of urea groups is 1. The maximum absolute atomic E-state index is 10.6. The number of pyridine rings is 1. The van der Waals surface area contributed by atoms with Gasteiger partial charge in [-0.15, -0.1) is 0 Å². The van der Waals surface area contributed by atoms with E-state index in [-0.39, 0.29) is 0 Å². The van der Waals surface area contributed by atoms with Crippen LogP contribution in [-0.2, 0) is 0 Å². The Bertz CT molecular complexity index is 367. The molecule has 4 heteroatoms. The van der Waals surface area contributed by atoms with Gasteiger partial charge in [0.05, 0.1) is 11.9 Å². The Morgan fingerprint density at radius 3 is 2.75 bits per heavy atom. The average Bonchev–Trinajstić information content (AvgIpc) is 2.54. The lowest BCUT2D eigenvalue weighted by molar-refractivity contribution is 0.257. The quantitative estimate of drug-likeness (QED) is 0.615. The number of carbonyl (C=O) groups excluding carboxylic acids is 1. The minimum absolute atomic E-state index is 0.462. The molecular formula is C8H5N3O. The molecule has 0 fully saturated rings. The van der Waals surface area contributed by atoms with Crippen molar-refractivity contribution in [3.05, 3.63) is 30.1 Å². The van der Waals surface area contributed by atoms with Gasteiger partial charge in [-0.05, 0) is 12.1 Å². The zero-order valence-electron chi connectivity index (χ0n) is 6.14. The Morgan fingerprint density at radius 1 is 1.25 bits per heavy atom. The number of rotatable bonds is 1. The van der Waals surface area contributed by atoms with Crippen molar-refractivity contribution in [3.63, 3.8) is 0 Å². The van der Waals surface area contributed by atoms with Crippen molar-refractivity contribution in [2.75, 3.05) is 0 Å². The fourth-order valence-corrected chi connectivity index (χ4v) is 0.915. The van der Waals surface area contributed by atoms with Crippen LogP contribution < -0.4 is 0 Å². The summed E-state index contributed by atoms with van der Waals surface area (Å²) in [6.45, 7) is 0. The largest absolute Gasteiger partial charge is 0.367 e. The molecule has 1 aromatic heterocycles. The first kappa shape index (κ1) is 6.84. The van der Waals surface area contributed by atoms with E-state index in [9.17, 15) is 4.79 Å². The number of hydrogen-bond donors (Lipinski definition) is 0. The van der Waals surface area contributed by atoms with E-state index in [1.807, 2.05) is 6.07 Å². The molecule has 12 heavy (non-hydrogen) atoms. The maximum Gasteiger partial charge on any atom is 0.367 e. The molecule has 1 aromatic rings. The predicted octanol–water partition coefficient (Wildman–Crippen LogP) is 1.08. The van der Waals surface area contributed by atoms with Gasteiger partial charge in [0, 0.05) is 6.20 Å². The first-order valence-corrected chi connectivity index (χ1v) is 3.44. The van der Waals surface area contributed by atoms with Crippen molar-refractivity contribution < 1.29 is 4.79 Å². The third-order valence-corrected chi connectivity index (χ3v) is 1.44. The Labute approximate surface area is 68.7 Å². The van der Waals surface area contributed by atoms with Crippen molar-refractivity contribution in [2.24, 2.45) is 9.98 Å².